The summed E-state index contributed by atoms with van der Waals surface area (Å²) >= 11 is 0. The van der Waals surface area contributed by atoms with Gasteiger partial charge in [0.05, 0.1) is 6.61 Å². The number of hydrogen-bond acceptors (Lipinski definition) is 5. The van der Waals surface area contributed by atoms with Gasteiger partial charge in [0.1, 0.15) is 17.7 Å². The van der Waals surface area contributed by atoms with Gasteiger partial charge in [0.15, 0.2) is 0 Å². The molecule has 0 bridgehead atoms. The highest BCUT2D eigenvalue weighted by molar-refractivity contribution is 5.92. The van der Waals surface area contributed by atoms with Gasteiger partial charge in [-0.05, 0) is 59.4 Å². The fraction of sp³-hybridized carbons (Fsp3) is 0.690. The maximum Gasteiger partial charge on any atom is 0.408 e. The van der Waals surface area contributed by atoms with Crippen LogP contribution in [0.25, 0.3) is 0 Å². The van der Waals surface area contributed by atoms with E-state index in [4.69, 9.17) is 4.74 Å². The van der Waals surface area contributed by atoms with Crippen molar-refractivity contribution in [3.8, 4) is 0 Å². The van der Waals surface area contributed by atoms with Crippen molar-refractivity contribution in [2.24, 2.45) is 0 Å². The molecule has 0 radical (unpaired) electrons. The molecular weight excluding hydrogens is 470 g/mol. The van der Waals surface area contributed by atoms with E-state index in [1.807, 2.05) is 32.0 Å². The number of benzene rings is 1. The van der Waals surface area contributed by atoms with Crippen LogP contribution in [0.2, 0.25) is 0 Å². The number of nitrogens with one attached hydrogen (secondary N) is 2. The van der Waals surface area contributed by atoms with E-state index in [0.717, 1.165) is 55.2 Å². The van der Waals surface area contributed by atoms with Crippen molar-refractivity contribution in [2.75, 3.05) is 13.2 Å². The molecule has 208 valence electrons. The Hall–Kier alpha value is -2.61. The van der Waals surface area contributed by atoms with E-state index in [1.54, 1.807) is 20.8 Å². The van der Waals surface area contributed by atoms with Crippen LogP contribution in [0.3, 0.4) is 0 Å². The summed E-state index contributed by atoms with van der Waals surface area (Å²) in [6.45, 7) is 10.9. The second-order valence-corrected chi connectivity index (χ2v) is 11.3. The van der Waals surface area contributed by atoms with Gasteiger partial charge in [-0.2, -0.15) is 0 Å². The van der Waals surface area contributed by atoms with Crippen LogP contribution in [0.15, 0.2) is 18.2 Å². The maximum atomic E-state index is 13.9. The van der Waals surface area contributed by atoms with Crippen molar-refractivity contribution in [1.82, 2.24) is 15.5 Å². The van der Waals surface area contributed by atoms with Crippen molar-refractivity contribution in [3.05, 3.63) is 34.9 Å². The lowest BCUT2D eigenvalue weighted by Gasteiger charge is -2.35. The third kappa shape index (κ3) is 9.99. The van der Waals surface area contributed by atoms with E-state index in [2.05, 4.69) is 17.6 Å². The minimum atomic E-state index is -1.23. The topological polar surface area (TPSA) is 108 Å². The fourth-order valence-electron chi connectivity index (χ4n) is 4.90. The molecule has 1 aromatic rings. The summed E-state index contributed by atoms with van der Waals surface area (Å²) in [4.78, 5) is 41.7. The molecule has 0 aromatic heterocycles. The minimum Gasteiger partial charge on any atom is -0.444 e. The molecule has 0 heterocycles. The van der Waals surface area contributed by atoms with Gasteiger partial charge in [0.25, 0.3) is 0 Å². The minimum absolute atomic E-state index is 0.0794. The second kappa shape index (κ2) is 14.4. The van der Waals surface area contributed by atoms with E-state index in [-0.39, 0.29) is 11.9 Å². The Morgan fingerprint density at radius 3 is 2.22 bits per heavy atom. The molecule has 0 saturated heterocycles. The Bertz CT molecular complexity index is 885. The number of alkyl carbamates (subject to hydrolysis) is 1. The number of aliphatic hydroxyl groups is 1. The SMILES string of the molecule is CCCCCN(C(=O)C(CO)NC(=O)OC(C)(C)C)C(C(=O)NC1CCCCC1)c1cc(C)cc(C)c1. The van der Waals surface area contributed by atoms with Crippen molar-refractivity contribution < 1.29 is 24.2 Å². The van der Waals surface area contributed by atoms with Crippen molar-refractivity contribution >= 4 is 17.9 Å². The lowest BCUT2D eigenvalue weighted by molar-refractivity contribution is -0.143. The molecule has 8 nitrogen and oxygen atoms in total. The normalized spacial score (nSPS) is 16.0. The van der Waals surface area contributed by atoms with Gasteiger partial charge in [-0.25, -0.2) is 4.79 Å². The summed E-state index contributed by atoms with van der Waals surface area (Å²) in [7, 11) is 0. The van der Waals surface area contributed by atoms with E-state index >= 15 is 0 Å². The fourth-order valence-corrected chi connectivity index (χ4v) is 4.90. The van der Waals surface area contributed by atoms with Crippen LogP contribution in [-0.2, 0) is 14.3 Å². The van der Waals surface area contributed by atoms with Crippen LogP contribution in [0.1, 0.15) is 102 Å². The highest BCUT2D eigenvalue weighted by atomic mass is 16.6. The summed E-state index contributed by atoms with van der Waals surface area (Å²) in [6, 6.07) is 3.88. The standard InChI is InChI=1S/C29H47N3O5/c1-7-8-12-15-32(27(35)24(19-33)31-28(36)37-29(4,5)6)25(22-17-20(2)16-21(3)18-22)26(34)30-23-13-10-9-11-14-23/h16-18,23-25,33H,7-15,19H2,1-6H3,(H,30,34)(H,31,36). The smallest absolute Gasteiger partial charge is 0.408 e. The number of aryl methyl sites for hydroxylation is 2. The summed E-state index contributed by atoms with van der Waals surface area (Å²) in [5.41, 5.74) is 1.97. The van der Waals surface area contributed by atoms with Crippen LogP contribution < -0.4 is 10.6 Å². The number of amides is 3. The molecular formula is C29H47N3O5. The summed E-state index contributed by atoms with van der Waals surface area (Å²) < 4.78 is 5.31. The molecule has 1 aromatic carbocycles. The highest BCUT2D eigenvalue weighted by Crippen LogP contribution is 2.27. The number of carbonyl (C=O) groups excluding carboxylic acids is 3. The molecule has 1 fully saturated rings. The number of rotatable bonds is 11. The lowest BCUT2D eigenvalue weighted by atomic mass is 9.94. The quantitative estimate of drug-likeness (QED) is 0.369. The van der Waals surface area contributed by atoms with Crippen LogP contribution in [0.5, 0.6) is 0 Å². The monoisotopic (exact) mass is 517 g/mol. The first-order chi connectivity index (χ1) is 17.4. The Morgan fingerprint density at radius 2 is 1.68 bits per heavy atom. The van der Waals surface area contributed by atoms with Gasteiger partial charge in [0, 0.05) is 12.6 Å². The van der Waals surface area contributed by atoms with Crippen LogP contribution in [0, 0.1) is 13.8 Å². The van der Waals surface area contributed by atoms with Crippen molar-refractivity contribution in [2.45, 2.75) is 117 Å². The van der Waals surface area contributed by atoms with E-state index in [9.17, 15) is 19.5 Å². The van der Waals surface area contributed by atoms with E-state index in [0.29, 0.717) is 13.0 Å². The Morgan fingerprint density at radius 1 is 1.05 bits per heavy atom. The lowest BCUT2D eigenvalue weighted by Crippen LogP contribution is -2.55. The predicted molar refractivity (Wildman–Crippen MR) is 145 cm³/mol. The zero-order valence-corrected chi connectivity index (χ0v) is 23.6. The summed E-state index contributed by atoms with van der Waals surface area (Å²) in [5, 5.41) is 15.8. The molecule has 1 aliphatic carbocycles. The van der Waals surface area contributed by atoms with Gasteiger partial charge in [-0.15, -0.1) is 0 Å². The number of ether oxygens (including phenoxy) is 1. The number of nitrogens with zero attached hydrogens (tertiary/aromatic N) is 1. The Labute approximate surface area is 222 Å². The second-order valence-electron chi connectivity index (χ2n) is 11.3. The molecule has 37 heavy (non-hydrogen) atoms. The summed E-state index contributed by atoms with van der Waals surface area (Å²) in [5.74, 6) is -0.733. The number of unbranched alkanes of at least 4 members (excludes halogenated alkanes) is 2. The van der Waals surface area contributed by atoms with Crippen molar-refractivity contribution in [1.29, 1.82) is 0 Å². The van der Waals surface area contributed by atoms with Crippen LogP contribution >= 0.6 is 0 Å². The molecule has 0 aliphatic heterocycles. The summed E-state index contributed by atoms with van der Waals surface area (Å²) in [6.07, 6.45) is 6.91. The number of aliphatic hydroxyl groups excluding tert-OH is 1. The molecule has 2 atom stereocenters. The highest BCUT2D eigenvalue weighted by Gasteiger charge is 2.36. The Kier molecular flexibility index (Phi) is 11.9. The average Bonchev–Trinajstić information content (AvgIpc) is 2.80. The largest absolute Gasteiger partial charge is 0.444 e. The van der Waals surface area contributed by atoms with Crippen LogP contribution in [0.4, 0.5) is 4.79 Å². The predicted octanol–water partition coefficient (Wildman–Crippen LogP) is 4.70. The number of carbonyl (C=O) groups is 3. The molecule has 1 saturated carbocycles. The average molecular weight is 518 g/mol. The number of hydrogen-bond donors (Lipinski definition) is 3. The zero-order chi connectivity index (χ0) is 27.6. The molecule has 8 heteroatoms. The van der Waals surface area contributed by atoms with Gasteiger partial charge in [-0.1, -0.05) is 68.4 Å². The van der Waals surface area contributed by atoms with E-state index < -0.39 is 36.3 Å². The van der Waals surface area contributed by atoms with Gasteiger partial charge in [0.2, 0.25) is 11.8 Å². The van der Waals surface area contributed by atoms with Gasteiger partial charge < -0.3 is 25.4 Å². The zero-order valence-electron chi connectivity index (χ0n) is 23.6. The van der Waals surface area contributed by atoms with Crippen molar-refractivity contribution in [3.63, 3.8) is 0 Å². The molecule has 2 rings (SSSR count). The Balaban J connectivity index is 2.44. The van der Waals surface area contributed by atoms with Gasteiger partial charge >= 0.3 is 6.09 Å². The molecule has 3 N–H and O–H groups in total. The first kappa shape index (κ1) is 30.6. The van der Waals surface area contributed by atoms with E-state index in [1.165, 1.54) is 11.3 Å². The maximum absolute atomic E-state index is 13.9. The first-order valence-corrected chi connectivity index (χ1v) is 13.7. The first-order valence-electron chi connectivity index (χ1n) is 13.7. The molecule has 2 unspecified atom stereocenters. The molecule has 3 amide bonds. The van der Waals surface area contributed by atoms with Gasteiger partial charge in [-0.3, -0.25) is 9.59 Å². The molecule has 0 spiro atoms. The molecule has 1 aliphatic rings. The third-order valence-corrected chi connectivity index (χ3v) is 6.53. The third-order valence-electron chi connectivity index (χ3n) is 6.53. The van der Waals surface area contributed by atoms with Crippen LogP contribution in [-0.4, -0.2) is 58.8 Å².